The van der Waals surface area contributed by atoms with Gasteiger partial charge in [-0.3, -0.25) is 0 Å². The highest BCUT2D eigenvalue weighted by atomic mass is 14.3. The van der Waals surface area contributed by atoms with Gasteiger partial charge in [0.15, 0.2) is 0 Å². The van der Waals surface area contributed by atoms with Gasteiger partial charge in [0, 0.05) is 17.8 Å². The van der Waals surface area contributed by atoms with Gasteiger partial charge in [0.05, 0.1) is 0 Å². The van der Waals surface area contributed by atoms with Crippen molar-refractivity contribution in [1.82, 2.24) is 0 Å². The average molecular weight is 829 g/mol. The van der Waals surface area contributed by atoms with Crippen LogP contribution in [0, 0.1) is 0 Å². The Morgan fingerprint density at radius 2 is 0.415 bits per heavy atom. The van der Waals surface area contributed by atoms with Crippen molar-refractivity contribution >= 4 is 21.5 Å². The minimum atomic E-state index is 0.101. The summed E-state index contributed by atoms with van der Waals surface area (Å²) < 4.78 is 0. The second-order valence-corrected chi connectivity index (χ2v) is 17.2. The maximum Gasteiger partial charge on any atom is 0.0346 e. The van der Waals surface area contributed by atoms with Gasteiger partial charge in [-0.1, -0.05) is 273 Å². The predicted molar refractivity (Wildman–Crippen MR) is 274 cm³/mol. The Kier molecular flexibility index (Phi) is 11.0. The zero-order chi connectivity index (χ0) is 43.4. The van der Waals surface area contributed by atoms with E-state index in [1.54, 1.807) is 0 Å². The average Bonchev–Trinajstić information content (AvgIpc) is 3.39. The minimum absolute atomic E-state index is 0.101. The summed E-state index contributed by atoms with van der Waals surface area (Å²) in [6, 6.07) is 100. The van der Waals surface area contributed by atoms with Crippen LogP contribution in [0.3, 0.4) is 0 Å². The van der Waals surface area contributed by atoms with E-state index in [9.17, 15) is 0 Å². The summed E-state index contributed by atoms with van der Waals surface area (Å²) in [6.45, 7) is 0. The summed E-state index contributed by atoms with van der Waals surface area (Å²) >= 11 is 0. The molecule has 0 bridgehead atoms. The number of rotatable bonds is 11. The van der Waals surface area contributed by atoms with Gasteiger partial charge < -0.3 is 0 Å². The Morgan fingerprint density at radius 1 is 0.169 bits per heavy atom. The van der Waals surface area contributed by atoms with Crippen LogP contribution in [-0.4, -0.2) is 0 Å². The number of hydrogen-bond donors (Lipinski definition) is 0. The fraction of sp³-hybridized carbons (Fsp3) is 0.0462. The van der Waals surface area contributed by atoms with Crippen LogP contribution in [0.15, 0.2) is 273 Å². The Bertz CT molecular complexity index is 3090. The molecule has 0 radical (unpaired) electrons. The maximum absolute atomic E-state index is 2.32. The Hall–Kier alpha value is -8.06. The van der Waals surface area contributed by atoms with Gasteiger partial charge in [-0.05, 0) is 93.9 Å². The van der Waals surface area contributed by atoms with Crippen LogP contribution < -0.4 is 0 Å². The first-order valence-electron chi connectivity index (χ1n) is 22.8. The monoisotopic (exact) mass is 828 g/mol. The quantitative estimate of drug-likeness (QED) is 0.114. The topological polar surface area (TPSA) is 0 Å². The van der Waals surface area contributed by atoms with Crippen molar-refractivity contribution in [2.45, 2.75) is 17.8 Å². The first-order valence-corrected chi connectivity index (χ1v) is 22.8. The number of hydrogen-bond acceptors (Lipinski definition) is 0. The Balaban J connectivity index is 0.870. The van der Waals surface area contributed by atoms with Crippen LogP contribution in [0.1, 0.15) is 67.8 Å². The molecular weight excluding hydrogens is 781 g/mol. The molecule has 0 aliphatic carbocycles. The molecule has 11 aromatic rings. The molecule has 2 unspecified atom stereocenters. The highest BCUT2D eigenvalue weighted by molar-refractivity contribution is 5.88. The van der Waals surface area contributed by atoms with Gasteiger partial charge in [0.25, 0.3) is 0 Å². The zero-order valence-corrected chi connectivity index (χ0v) is 36.2. The number of benzene rings is 11. The lowest BCUT2D eigenvalue weighted by molar-refractivity contribution is 0.977. The first-order chi connectivity index (χ1) is 32.2. The van der Waals surface area contributed by atoms with E-state index in [-0.39, 0.29) is 17.8 Å². The van der Waals surface area contributed by atoms with Crippen LogP contribution in [0.4, 0.5) is 0 Å². The summed E-state index contributed by atoms with van der Waals surface area (Å²) in [5, 5.41) is 5.13. The molecule has 11 aromatic carbocycles. The SMILES string of the molecule is c1ccc(C(c2ccc(-c3ccc(C(c4ccccc4)c4cccc5ccccc45)cc3)cc2)c2ccc(-c3ccc(C(c4ccccc4)c4cccc5ccccc45)cc3)cc2)cc1. The molecule has 0 heterocycles. The van der Waals surface area contributed by atoms with Crippen molar-refractivity contribution in [2.75, 3.05) is 0 Å². The largest absolute Gasteiger partial charge is 0.0622 e. The van der Waals surface area contributed by atoms with Crippen molar-refractivity contribution in [3.63, 3.8) is 0 Å². The van der Waals surface area contributed by atoms with Gasteiger partial charge in [-0.2, -0.15) is 0 Å². The molecule has 2 atom stereocenters. The van der Waals surface area contributed by atoms with Gasteiger partial charge in [0.2, 0.25) is 0 Å². The Morgan fingerprint density at radius 3 is 0.754 bits per heavy atom. The molecule has 0 saturated carbocycles. The van der Waals surface area contributed by atoms with E-state index < -0.39 is 0 Å². The molecule has 11 rings (SSSR count). The van der Waals surface area contributed by atoms with Crippen molar-refractivity contribution in [2.24, 2.45) is 0 Å². The third-order valence-electron chi connectivity index (χ3n) is 13.3. The molecule has 0 nitrogen and oxygen atoms in total. The van der Waals surface area contributed by atoms with Crippen LogP contribution in [0.5, 0.6) is 0 Å². The molecule has 0 amide bonds. The predicted octanol–water partition coefficient (Wildman–Crippen LogP) is 16.9. The lowest BCUT2D eigenvalue weighted by atomic mass is 9.82. The molecule has 0 spiro atoms. The third kappa shape index (κ3) is 8.08. The van der Waals surface area contributed by atoms with Crippen molar-refractivity contribution in [3.05, 3.63) is 323 Å². The lowest BCUT2D eigenvalue weighted by Crippen LogP contribution is -2.04. The molecule has 65 heavy (non-hydrogen) atoms. The molecular formula is C65H48. The van der Waals surface area contributed by atoms with Crippen molar-refractivity contribution in [3.8, 4) is 22.3 Å². The van der Waals surface area contributed by atoms with Gasteiger partial charge in [-0.15, -0.1) is 0 Å². The van der Waals surface area contributed by atoms with Crippen molar-refractivity contribution in [1.29, 1.82) is 0 Å². The van der Waals surface area contributed by atoms with E-state index in [1.807, 2.05) is 0 Å². The van der Waals surface area contributed by atoms with Crippen LogP contribution in [-0.2, 0) is 0 Å². The summed E-state index contributed by atoms with van der Waals surface area (Å²) in [5.41, 5.74) is 16.5. The molecule has 0 N–H and O–H groups in total. The lowest BCUT2D eigenvalue weighted by Gasteiger charge is -2.22. The molecule has 0 fully saturated rings. The van der Waals surface area contributed by atoms with Gasteiger partial charge >= 0.3 is 0 Å². The van der Waals surface area contributed by atoms with Gasteiger partial charge in [0.1, 0.15) is 0 Å². The highest BCUT2D eigenvalue weighted by Gasteiger charge is 2.22. The van der Waals surface area contributed by atoms with Gasteiger partial charge in [-0.25, -0.2) is 0 Å². The summed E-state index contributed by atoms with van der Waals surface area (Å²) in [4.78, 5) is 0. The number of fused-ring (bicyclic) bond motifs is 2. The fourth-order valence-corrected chi connectivity index (χ4v) is 10.1. The summed E-state index contributed by atoms with van der Waals surface area (Å²) in [7, 11) is 0. The van der Waals surface area contributed by atoms with E-state index >= 15 is 0 Å². The van der Waals surface area contributed by atoms with Crippen LogP contribution in [0.2, 0.25) is 0 Å². The molecule has 0 aromatic heterocycles. The molecule has 0 aliphatic rings. The van der Waals surface area contributed by atoms with E-state index in [0.717, 1.165) is 0 Å². The van der Waals surface area contributed by atoms with Crippen LogP contribution >= 0.6 is 0 Å². The third-order valence-corrected chi connectivity index (χ3v) is 13.3. The van der Waals surface area contributed by atoms with E-state index in [2.05, 4.69) is 273 Å². The standard InChI is InChI=1S/C65H48/c1-4-18-52(19-5-1)63(55-38-30-46(31-39-55)48-34-42-57(43-35-48)64(53-20-6-2-7-21-53)61-28-14-24-50-16-10-12-26-59(50)61)56-40-32-47(33-41-56)49-36-44-58(45-37-49)65(54-22-8-3-9-23-54)62-29-15-25-51-17-11-13-27-60(51)62/h1-45,63-65H. The second kappa shape index (κ2) is 18.0. The van der Waals surface area contributed by atoms with E-state index in [1.165, 1.54) is 93.9 Å². The molecule has 0 aliphatic heterocycles. The fourth-order valence-electron chi connectivity index (χ4n) is 10.1. The smallest absolute Gasteiger partial charge is 0.0346 e. The second-order valence-electron chi connectivity index (χ2n) is 17.2. The zero-order valence-electron chi connectivity index (χ0n) is 36.2. The summed E-state index contributed by atoms with van der Waals surface area (Å²) in [6.07, 6.45) is 0. The highest BCUT2D eigenvalue weighted by Crippen LogP contribution is 2.40. The van der Waals surface area contributed by atoms with Crippen molar-refractivity contribution < 1.29 is 0 Å². The Labute approximate surface area is 382 Å². The summed E-state index contributed by atoms with van der Waals surface area (Å²) in [5.74, 6) is 0.358. The maximum atomic E-state index is 2.32. The molecule has 308 valence electrons. The molecule has 0 saturated heterocycles. The normalized spacial score (nSPS) is 12.7. The van der Waals surface area contributed by atoms with Crippen LogP contribution in [0.25, 0.3) is 43.8 Å². The molecule has 0 heteroatoms. The van der Waals surface area contributed by atoms with E-state index in [4.69, 9.17) is 0 Å². The first kappa shape index (κ1) is 39.8. The minimum Gasteiger partial charge on any atom is -0.0622 e. The van der Waals surface area contributed by atoms with E-state index in [0.29, 0.717) is 0 Å².